The summed E-state index contributed by atoms with van der Waals surface area (Å²) in [6.07, 6.45) is 0. The van der Waals surface area contributed by atoms with Crippen LogP contribution in [0.2, 0.25) is 0 Å². The first-order valence-electron chi connectivity index (χ1n) is 6.65. The molecule has 0 radical (unpaired) electrons. The van der Waals surface area contributed by atoms with Crippen LogP contribution in [0.3, 0.4) is 0 Å². The third-order valence-corrected chi connectivity index (χ3v) is 3.12. The van der Waals surface area contributed by atoms with Crippen molar-refractivity contribution in [1.82, 2.24) is 0 Å². The number of hydrogen-bond donors (Lipinski definition) is 2. The highest BCUT2D eigenvalue weighted by Crippen LogP contribution is 2.33. The van der Waals surface area contributed by atoms with Crippen LogP contribution in [0.4, 0.5) is 0 Å². The average molecular weight is 278 g/mol. The molecule has 0 aliphatic rings. The number of quaternary nitrogens is 1. The van der Waals surface area contributed by atoms with Crippen LogP contribution in [-0.2, 0) is 11.3 Å². The SMILES string of the molecule is CCOC(=O)c1c(C)oc2ccc(O)c(C[NH+](C)C)c12. The van der Waals surface area contributed by atoms with Crippen molar-refractivity contribution in [1.29, 1.82) is 0 Å². The fourth-order valence-electron chi connectivity index (χ4n) is 2.35. The monoisotopic (exact) mass is 278 g/mol. The molecule has 2 rings (SSSR count). The lowest BCUT2D eigenvalue weighted by Crippen LogP contribution is -3.04. The summed E-state index contributed by atoms with van der Waals surface area (Å²) in [6.45, 7) is 4.39. The molecule has 0 aliphatic heterocycles. The summed E-state index contributed by atoms with van der Waals surface area (Å²) in [5.74, 6) is 0.272. The molecule has 20 heavy (non-hydrogen) atoms. The number of hydrogen-bond acceptors (Lipinski definition) is 4. The summed E-state index contributed by atoms with van der Waals surface area (Å²) in [5, 5.41) is 10.8. The van der Waals surface area contributed by atoms with Crippen LogP contribution in [0.1, 0.15) is 28.6 Å². The molecule has 2 aromatic rings. The maximum atomic E-state index is 12.1. The predicted octanol–water partition coefficient (Wildman–Crippen LogP) is 1.27. The predicted molar refractivity (Wildman–Crippen MR) is 75.1 cm³/mol. The van der Waals surface area contributed by atoms with Gasteiger partial charge in [-0.3, -0.25) is 0 Å². The molecule has 0 fully saturated rings. The molecule has 0 amide bonds. The molecule has 1 aromatic carbocycles. The lowest BCUT2D eigenvalue weighted by molar-refractivity contribution is -0.872. The van der Waals surface area contributed by atoms with Crippen molar-refractivity contribution >= 4 is 16.9 Å². The minimum atomic E-state index is -0.413. The topological polar surface area (TPSA) is 64.1 Å². The van der Waals surface area contributed by atoms with Crippen LogP contribution >= 0.6 is 0 Å². The number of benzene rings is 1. The first-order chi connectivity index (χ1) is 9.45. The fourth-order valence-corrected chi connectivity index (χ4v) is 2.35. The Morgan fingerprint density at radius 1 is 1.40 bits per heavy atom. The Balaban J connectivity index is 2.70. The van der Waals surface area contributed by atoms with Crippen LogP contribution in [0.5, 0.6) is 5.75 Å². The summed E-state index contributed by atoms with van der Waals surface area (Å²) in [4.78, 5) is 13.3. The van der Waals surface area contributed by atoms with E-state index >= 15 is 0 Å². The number of rotatable bonds is 4. The molecule has 0 saturated carbocycles. The van der Waals surface area contributed by atoms with Gasteiger partial charge in [0.25, 0.3) is 0 Å². The molecule has 5 heteroatoms. The number of esters is 1. The Labute approximate surface area is 117 Å². The number of fused-ring (bicyclic) bond motifs is 1. The minimum absolute atomic E-state index is 0.171. The second-order valence-electron chi connectivity index (χ2n) is 5.07. The smallest absolute Gasteiger partial charge is 0.342 e. The molecule has 0 bridgehead atoms. The molecule has 5 nitrogen and oxygen atoms in total. The molecule has 0 saturated heterocycles. The van der Waals surface area contributed by atoms with E-state index in [0.29, 0.717) is 41.0 Å². The van der Waals surface area contributed by atoms with Gasteiger partial charge in [-0.2, -0.15) is 0 Å². The molecule has 1 aromatic heterocycles. The first kappa shape index (κ1) is 14.4. The van der Waals surface area contributed by atoms with Gasteiger partial charge in [-0.15, -0.1) is 0 Å². The summed E-state index contributed by atoms with van der Waals surface area (Å²) in [7, 11) is 3.96. The summed E-state index contributed by atoms with van der Waals surface area (Å²) < 4.78 is 10.7. The van der Waals surface area contributed by atoms with Crippen molar-refractivity contribution in [2.24, 2.45) is 0 Å². The second-order valence-corrected chi connectivity index (χ2v) is 5.07. The molecule has 2 N–H and O–H groups in total. The van der Waals surface area contributed by atoms with Gasteiger partial charge < -0.3 is 19.2 Å². The Bertz CT molecular complexity index is 643. The van der Waals surface area contributed by atoms with E-state index in [1.165, 1.54) is 0 Å². The van der Waals surface area contributed by atoms with E-state index in [4.69, 9.17) is 9.15 Å². The number of nitrogens with one attached hydrogen (secondary N) is 1. The van der Waals surface area contributed by atoms with E-state index in [2.05, 4.69) is 0 Å². The van der Waals surface area contributed by atoms with Crippen LogP contribution < -0.4 is 4.90 Å². The summed E-state index contributed by atoms with van der Waals surface area (Å²) in [6, 6.07) is 3.27. The van der Waals surface area contributed by atoms with Gasteiger partial charge in [0.2, 0.25) is 0 Å². The average Bonchev–Trinajstić information content (AvgIpc) is 2.69. The molecule has 0 atom stereocenters. The molecule has 0 unspecified atom stereocenters. The zero-order valence-corrected chi connectivity index (χ0v) is 12.2. The van der Waals surface area contributed by atoms with Crippen molar-refractivity contribution in [2.45, 2.75) is 20.4 Å². The minimum Gasteiger partial charge on any atom is -0.507 e. The summed E-state index contributed by atoms with van der Waals surface area (Å²) >= 11 is 0. The van der Waals surface area contributed by atoms with Crippen LogP contribution in [0.25, 0.3) is 11.0 Å². The number of phenols is 1. The third-order valence-electron chi connectivity index (χ3n) is 3.12. The highest BCUT2D eigenvalue weighted by atomic mass is 16.5. The summed E-state index contributed by atoms with van der Waals surface area (Å²) in [5.41, 5.74) is 1.72. The molecule has 0 aliphatic carbocycles. The highest BCUT2D eigenvalue weighted by molar-refractivity contribution is 6.06. The van der Waals surface area contributed by atoms with Crippen LogP contribution in [0.15, 0.2) is 16.5 Å². The van der Waals surface area contributed by atoms with Gasteiger partial charge >= 0.3 is 5.97 Å². The van der Waals surface area contributed by atoms with Gasteiger partial charge in [0.1, 0.15) is 29.2 Å². The Hall–Kier alpha value is -2.01. The van der Waals surface area contributed by atoms with Gasteiger partial charge in [0.05, 0.1) is 26.3 Å². The largest absolute Gasteiger partial charge is 0.507 e. The zero-order chi connectivity index (χ0) is 14.9. The van der Waals surface area contributed by atoms with Crippen molar-refractivity contribution in [3.05, 3.63) is 29.0 Å². The Morgan fingerprint density at radius 3 is 2.70 bits per heavy atom. The fraction of sp³-hybridized carbons (Fsp3) is 0.400. The number of phenolic OH excluding ortho intramolecular Hbond substituents is 1. The van der Waals surface area contributed by atoms with Gasteiger partial charge in [-0.1, -0.05) is 0 Å². The van der Waals surface area contributed by atoms with Crippen molar-refractivity contribution in [3.8, 4) is 5.75 Å². The lowest BCUT2D eigenvalue weighted by Gasteiger charge is -2.11. The maximum Gasteiger partial charge on any atom is 0.342 e. The van der Waals surface area contributed by atoms with Crippen molar-refractivity contribution in [2.75, 3.05) is 20.7 Å². The van der Waals surface area contributed by atoms with Gasteiger partial charge in [-0.25, -0.2) is 4.79 Å². The van der Waals surface area contributed by atoms with E-state index in [0.717, 1.165) is 4.90 Å². The molecule has 108 valence electrons. The molecular weight excluding hydrogens is 258 g/mol. The second kappa shape index (κ2) is 5.54. The van der Waals surface area contributed by atoms with Gasteiger partial charge in [0, 0.05) is 5.39 Å². The van der Waals surface area contributed by atoms with E-state index < -0.39 is 5.97 Å². The zero-order valence-electron chi connectivity index (χ0n) is 12.2. The normalized spacial score (nSPS) is 11.2. The van der Waals surface area contributed by atoms with Crippen molar-refractivity contribution < 1.29 is 24.0 Å². The van der Waals surface area contributed by atoms with Crippen molar-refractivity contribution in [3.63, 3.8) is 0 Å². The van der Waals surface area contributed by atoms with E-state index in [-0.39, 0.29) is 5.75 Å². The lowest BCUT2D eigenvalue weighted by atomic mass is 10.0. The van der Waals surface area contributed by atoms with Crippen LogP contribution in [0, 0.1) is 6.92 Å². The number of ether oxygens (including phenoxy) is 1. The quantitative estimate of drug-likeness (QED) is 0.827. The number of carbonyl (C=O) groups is 1. The van der Waals surface area contributed by atoms with E-state index in [1.54, 1.807) is 26.0 Å². The van der Waals surface area contributed by atoms with E-state index in [1.807, 2.05) is 14.1 Å². The molecular formula is C15H20NO4+. The number of furan rings is 1. The maximum absolute atomic E-state index is 12.1. The number of aryl methyl sites for hydroxylation is 1. The number of aromatic hydroxyl groups is 1. The number of carbonyl (C=O) groups excluding carboxylic acids is 1. The highest BCUT2D eigenvalue weighted by Gasteiger charge is 2.24. The Kier molecular flexibility index (Phi) is 3.99. The Morgan fingerprint density at radius 2 is 2.10 bits per heavy atom. The molecule has 1 heterocycles. The standard InChI is InChI=1S/C15H19NO4/c1-5-19-15(18)13-9(2)20-12-7-6-11(17)10(14(12)13)8-16(3)4/h6-7,17H,5,8H2,1-4H3/p+1. The van der Waals surface area contributed by atoms with Gasteiger partial charge in [0.15, 0.2) is 0 Å². The van der Waals surface area contributed by atoms with Crippen LogP contribution in [-0.4, -0.2) is 31.8 Å². The first-order valence-corrected chi connectivity index (χ1v) is 6.65. The molecule has 0 spiro atoms. The third kappa shape index (κ3) is 2.49. The van der Waals surface area contributed by atoms with E-state index in [9.17, 15) is 9.90 Å². The van der Waals surface area contributed by atoms with Gasteiger partial charge in [-0.05, 0) is 26.0 Å².